The molecule has 0 spiro atoms. The topological polar surface area (TPSA) is 52.9 Å². The van der Waals surface area contributed by atoms with Crippen LogP contribution in [0.25, 0.3) is 0 Å². The number of phenolic OH excluding ortho intramolecular Hbond substituents is 2. The van der Waals surface area contributed by atoms with Crippen LogP contribution in [0.3, 0.4) is 0 Å². The van der Waals surface area contributed by atoms with E-state index in [1.54, 1.807) is 0 Å². The number of hydrogen-bond donors (Lipinski definition) is 2. The first-order chi connectivity index (χ1) is 11.1. The summed E-state index contributed by atoms with van der Waals surface area (Å²) in [5.41, 5.74) is 3.94. The Bertz CT molecular complexity index is 603. The summed E-state index contributed by atoms with van der Waals surface area (Å²) in [7, 11) is 0. The normalized spacial score (nSPS) is 22.9. The number of morpholine rings is 1. The third kappa shape index (κ3) is 3.54. The van der Waals surface area contributed by atoms with Gasteiger partial charge in [0.1, 0.15) is 11.5 Å². The van der Waals surface area contributed by atoms with Gasteiger partial charge in [-0.15, -0.1) is 0 Å². The summed E-state index contributed by atoms with van der Waals surface area (Å²) in [5.74, 6) is 0.624. The zero-order chi connectivity index (χ0) is 16.4. The Morgan fingerprint density at radius 1 is 1.22 bits per heavy atom. The molecule has 0 amide bonds. The van der Waals surface area contributed by atoms with Crippen molar-refractivity contribution in [2.24, 2.45) is 0 Å². The molecule has 1 aromatic carbocycles. The number of aromatic hydroxyl groups is 2. The Hall–Kier alpha value is -1.52. The predicted molar refractivity (Wildman–Crippen MR) is 91.0 cm³/mol. The van der Waals surface area contributed by atoms with Gasteiger partial charge in [-0.25, -0.2) is 0 Å². The number of hydrogen-bond acceptors (Lipinski definition) is 4. The summed E-state index contributed by atoms with van der Waals surface area (Å²) in [6.07, 6.45) is 5.41. The minimum atomic E-state index is 0.118. The molecule has 3 rings (SSSR count). The van der Waals surface area contributed by atoms with Crippen molar-refractivity contribution in [2.75, 3.05) is 26.3 Å². The molecular weight excluding hydrogens is 290 g/mol. The van der Waals surface area contributed by atoms with Gasteiger partial charge in [0.05, 0.1) is 13.2 Å². The molecule has 4 heteroatoms. The summed E-state index contributed by atoms with van der Waals surface area (Å²) in [6, 6.07) is 1.81. The van der Waals surface area contributed by atoms with E-state index in [4.69, 9.17) is 4.74 Å². The highest BCUT2D eigenvalue weighted by Gasteiger charge is 2.25. The number of benzene rings is 1. The third-order valence-electron chi connectivity index (χ3n) is 5.07. The molecule has 1 unspecified atom stereocenters. The van der Waals surface area contributed by atoms with Gasteiger partial charge >= 0.3 is 0 Å². The van der Waals surface area contributed by atoms with Gasteiger partial charge in [-0.2, -0.15) is 0 Å². The fourth-order valence-electron chi connectivity index (χ4n) is 3.73. The standard InChI is InChI=1S/C19H27NO3/c1-13-4-3-5-15(10-13)18-17(21)11-14(2)16(19(18)22)12-20-6-8-23-9-7-20/h10-11,15,21-22H,3-9,12H2,1-2H3. The van der Waals surface area contributed by atoms with Crippen molar-refractivity contribution < 1.29 is 14.9 Å². The molecule has 2 N–H and O–H groups in total. The highest BCUT2D eigenvalue weighted by atomic mass is 16.5. The number of allylic oxidation sites excluding steroid dienone is 2. The zero-order valence-electron chi connectivity index (χ0n) is 14.1. The SMILES string of the molecule is CC1=CC(c2c(O)cc(C)c(CN3CCOCC3)c2O)CCC1. The minimum Gasteiger partial charge on any atom is -0.507 e. The first-order valence-electron chi connectivity index (χ1n) is 8.58. The van der Waals surface area contributed by atoms with E-state index in [0.717, 1.165) is 56.7 Å². The van der Waals surface area contributed by atoms with E-state index < -0.39 is 0 Å². The summed E-state index contributed by atoms with van der Waals surface area (Å²) in [6.45, 7) is 8.06. The molecule has 2 aliphatic rings. The largest absolute Gasteiger partial charge is 0.507 e. The average molecular weight is 317 g/mol. The number of aryl methyl sites for hydroxylation is 1. The van der Waals surface area contributed by atoms with Gasteiger partial charge in [-0.05, 0) is 44.7 Å². The maximum Gasteiger partial charge on any atom is 0.127 e. The van der Waals surface area contributed by atoms with Gasteiger partial charge < -0.3 is 14.9 Å². The fourth-order valence-corrected chi connectivity index (χ4v) is 3.73. The molecule has 0 bridgehead atoms. The smallest absolute Gasteiger partial charge is 0.127 e. The number of phenols is 2. The van der Waals surface area contributed by atoms with Crippen LogP contribution in [0.15, 0.2) is 17.7 Å². The van der Waals surface area contributed by atoms with Crippen LogP contribution in [-0.2, 0) is 11.3 Å². The van der Waals surface area contributed by atoms with Crippen LogP contribution < -0.4 is 0 Å². The van der Waals surface area contributed by atoms with Crippen LogP contribution in [0.1, 0.15) is 48.8 Å². The van der Waals surface area contributed by atoms with Crippen molar-refractivity contribution >= 4 is 0 Å². The second-order valence-corrected chi connectivity index (χ2v) is 6.85. The molecule has 0 radical (unpaired) electrons. The molecule has 0 aromatic heterocycles. The summed E-state index contributed by atoms with van der Waals surface area (Å²) < 4.78 is 5.40. The summed E-state index contributed by atoms with van der Waals surface area (Å²) >= 11 is 0. The molecule has 1 aliphatic heterocycles. The Balaban J connectivity index is 1.93. The molecule has 1 heterocycles. The van der Waals surface area contributed by atoms with Crippen LogP contribution in [0.5, 0.6) is 11.5 Å². The second kappa shape index (κ2) is 6.93. The second-order valence-electron chi connectivity index (χ2n) is 6.85. The number of rotatable bonds is 3. The van der Waals surface area contributed by atoms with Gasteiger partial charge in [0, 0.05) is 36.7 Å². The van der Waals surface area contributed by atoms with Crippen LogP contribution in [0.2, 0.25) is 0 Å². The van der Waals surface area contributed by atoms with E-state index in [0.29, 0.717) is 12.1 Å². The average Bonchev–Trinajstić information content (AvgIpc) is 2.52. The van der Waals surface area contributed by atoms with E-state index in [2.05, 4.69) is 17.9 Å². The molecule has 23 heavy (non-hydrogen) atoms. The molecule has 1 aliphatic carbocycles. The lowest BCUT2D eigenvalue weighted by Gasteiger charge is -2.29. The molecule has 1 saturated heterocycles. The van der Waals surface area contributed by atoms with Gasteiger partial charge in [0.25, 0.3) is 0 Å². The predicted octanol–water partition coefficient (Wildman–Crippen LogP) is 3.45. The lowest BCUT2D eigenvalue weighted by atomic mass is 9.83. The van der Waals surface area contributed by atoms with Gasteiger partial charge in [-0.3, -0.25) is 4.90 Å². The van der Waals surface area contributed by atoms with E-state index in [1.165, 1.54) is 5.57 Å². The molecular formula is C19H27NO3. The lowest BCUT2D eigenvalue weighted by Crippen LogP contribution is -2.35. The fraction of sp³-hybridized carbons (Fsp3) is 0.579. The summed E-state index contributed by atoms with van der Waals surface area (Å²) in [5, 5.41) is 21.3. The monoisotopic (exact) mass is 317 g/mol. The highest BCUT2D eigenvalue weighted by Crippen LogP contribution is 2.43. The van der Waals surface area contributed by atoms with Gasteiger partial charge in [0.15, 0.2) is 0 Å². The van der Waals surface area contributed by atoms with E-state index in [-0.39, 0.29) is 17.4 Å². The molecule has 1 aromatic rings. The van der Waals surface area contributed by atoms with Crippen LogP contribution in [-0.4, -0.2) is 41.4 Å². The minimum absolute atomic E-state index is 0.118. The van der Waals surface area contributed by atoms with Gasteiger partial charge in [0.2, 0.25) is 0 Å². The van der Waals surface area contributed by atoms with Crippen molar-refractivity contribution in [3.63, 3.8) is 0 Å². The van der Waals surface area contributed by atoms with Crippen molar-refractivity contribution in [1.29, 1.82) is 0 Å². The zero-order valence-corrected chi connectivity index (χ0v) is 14.1. The highest BCUT2D eigenvalue weighted by molar-refractivity contribution is 5.55. The number of ether oxygens (including phenoxy) is 1. The van der Waals surface area contributed by atoms with Crippen molar-refractivity contribution in [1.82, 2.24) is 4.90 Å². The Morgan fingerprint density at radius 3 is 2.65 bits per heavy atom. The molecule has 0 saturated carbocycles. The Kier molecular flexibility index (Phi) is 4.93. The quantitative estimate of drug-likeness (QED) is 0.838. The Labute approximate surface area is 138 Å². The molecule has 4 nitrogen and oxygen atoms in total. The first kappa shape index (κ1) is 16.3. The van der Waals surface area contributed by atoms with Crippen molar-refractivity contribution in [3.05, 3.63) is 34.4 Å². The van der Waals surface area contributed by atoms with Crippen molar-refractivity contribution in [3.8, 4) is 11.5 Å². The maximum absolute atomic E-state index is 10.9. The summed E-state index contributed by atoms with van der Waals surface area (Å²) in [4.78, 5) is 2.30. The third-order valence-corrected chi connectivity index (χ3v) is 5.07. The first-order valence-corrected chi connectivity index (χ1v) is 8.58. The molecule has 126 valence electrons. The van der Waals surface area contributed by atoms with Crippen LogP contribution >= 0.6 is 0 Å². The Morgan fingerprint density at radius 2 is 1.96 bits per heavy atom. The maximum atomic E-state index is 10.9. The van der Waals surface area contributed by atoms with E-state index >= 15 is 0 Å². The van der Waals surface area contributed by atoms with Gasteiger partial charge in [-0.1, -0.05) is 11.6 Å². The van der Waals surface area contributed by atoms with Crippen LogP contribution in [0.4, 0.5) is 0 Å². The van der Waals surface area contributed by atoms with E-state index in [1.807, 2.05) is 13.0 Å². The van der Waals surface area contributed by atoms with E-state index in [9.17, 15) is 10.2 Å². The molecule has 1 fully saturated rings. The van der Waals surface area contributed by atoms with Crippen molar-refractivity contribution in [2.45, 2.75) is 45.6 Å². The molecule has 1 atom stereocenters. The number of nitrogens with zero attached hydrogens (tertiary/aromatic N) is 1. The van der Waals surface area contributed by atoms with Crippen LogP contribution in [0, 0.1) is 6.92 Å². The lowest BCUT2D eigenvalue weighted by molar-refractivity contribution is 0.0337.